The van der Waals surface area contributed by atoms with Crippen LogP contribution in [-0.4, -0.2) is 37.7 Å². The van der Waals surface area contributed by atoms with Crippen LogP contribution in [0.3, 0.4) is 0 Å². The van der Waals surface area contributed by atoms with Gasteiger partial charge in [-0.1, -0.05) is 19.1 Å². The van der Waals surface area contributed by atoms with Crippen LogP contribution in [-0.2, 0) is 6.54 Å². The summed E-state index contributed by atoms with van der Waals surface area (Å²) in [5.74, 6) is 0.101. The van der Waals surface area contributed by atoms with Gasteiger partial charge in [-0.3, -0.25) is 4.90 Å². The van der Waals surface area contributed by atoms with Gasteiger partial charge >= 0.3 is 0 Å². The average Bonchev–Trinajstić information content (AvgIpc) is 2.30. The summed E-state index contributed by atoms with van der Waals surface area (Å²) in [5, 5.41) is 3.26. The van der Waals surface area contributed by atoms with Gasteiger partial charge in [0.05, 0.1) is 7.11 Å². The standard InChI is InChI=1S/C14H21FN2O/c1-3-7-17(12-8-16-9-12)10-11-5-4-6-13(18-2)14(11)15/h4-6,12,16H,3,7-10H2,1-2H3. The fourth-order valence-corrected chi connectivity index (χ4v) is 2.26. The molecule has 1 aromatic carbocycles. The highest BCUT2D eigenvalue weighted by Crippen LogP contribution is 2.22. The summed E-state index contributed by atoms with van der Waals surface area (Å²) in [6.07, 6.45) is 1.09. The van der Waals surface area contributed by atoms with Crippen LogP contribution in [0.2, 0.25) is 0 Å². The van der Waals surface area contributed by atoms with E-state index in [9.17, 15) is 4.39 Å². The van der Waals surface area contributed by atoms with Crippen molar-refractivity contribution in [2.75, 3.05) is 26.7 Å². The van der Waals surface area contributed by atoms with Crippen LogP contribution in [0.1, 0.15) is 18.9 Å². The third-order valence-corrected chi connectivity index (χ3v) is 3.42. The number of methoxy groups -OCH3 is 1. The minimum Gasteiger partial charge on any atom is -0.494 e. The first-order valence-electron chi connectivity index (χ1n) is 6.52. The van der Waals surface area contributed by atoms with Crippen molar-refractivity contribution in [1.29, 1.82) is 0 Å². The fraction of sp³-hybridized carbons (Fsp3) is 0.571. The summed E-state index contributed by atoms with van der Waals surface area (Å²) < 4.78 is 19.1. The Morgan fingerprint density at radius 2 is 2.22 bits per heavy atom. The molecule has 4 heteroatoms. The van der Waals surface area contributed by atoms with E-state index in [2.05, 4.69) is 17.1 Å². The second kappa shape index (κ2) is 6.16. The molecule has 1 fully saturated rings. The second-order valence-corrected chi connectivity index (χ2v) is 4.72. The molecule has 0 aliphatic carbocycles. The Hall–Kier alpha value is -1.13. The lowest BCUT2D eigenvalue weighted by atomic mass is 10.1. The van der Waals surface area contributed by atoms with E-state index in [0.717, 1.165) is 31.6 Å². The summed E-state index contributed by atoms with van der Waals surface area (Å²) in [7, 11) is 1.50. The number of hydrogen-bond acceptors (Lipinski definition) is 3. The summed E-state index contributed by atoms with van der Waals surface area (Å²) >= 11 is 0. The van der Waals surface area contributed by atoms with Gasteiger partial charge in [0.1, 0.15) is 0 Å². The van der Waals surface area contributed by atoms with Gasteiger partial charge in [0.15, 0.2) is 11.6 Å². The van der Waals surface area contributed by atoms with Crippen LogP contribution >= 0.6 is 0 Å². The predicted octanol–water partition coefficient (Wildman–Crippen LogP) is 2.02. The molecule has 1 N–H and O–H groups in total. The van der Waals surface area contributed by atoms with Crippen LogP contribution in [0, 0.1) is 5.82 Å². The zero-order valence-corrected chi connectivity index (χ0v) is 11.1. The minimum absolute atomic E-state index is 0.228. The molecular formula is C14H21FN2O. The van der Waals surface area contributed by atoms with Crippen LogP contribution < -0.4 is 10.1 Å². The molecule has 0 atom stereocenters. The van der Waals surface area contributed by atoms with Crippen LogP contribution in [0.4, 0.5) is 4.39 Å². The number of halogens is 1. The zero-order valence-electron chi connectivity index (χ0n) is 11.1. The van der Waals surface area contributed by atoms with Gasteiger partial charge in [-0.05, 0) is 19.0 Å². The lowest BCUT2D eigenvalue weighted by molar-refractivity contribution is 0.136. The maximum absolute atomic E-state index is 14.1. The van der Waals surface area contributed by atoms with Crippen molar-refractivity contribution in [2.24, 2.45) is 0 Å². The molecule has 0 unspecified atom stereocenters. The topological polar surface area (TPSA) is 24.5 Å². The Kier molecular flexibility index (Phi) is 4.55. The van der Waals surface area contributed by atoms with E-state index in [1.165, 1.54) is 7.11 Å². The fourth-order valence-electron chi connectivity index (χ4n) is 2.26. The molecule has 1 aromatic rings. The third kappa shape index (κ3) is 2.82. The highest BCUT2D eigenvalue weighted by atomic mass is 19.1. The van der Waals surface area contributed by atoms with E-state index < -0.39 is 0 Å². The Morgan fingerprint density at radius 3 is 2.78 bits per heavy atom. The van der Waals surface area contributed by atoms with Gasteiger partial charge in [0.25, 0.3) is 0 Å². The molecule has 100 valence electrons. The van der Waals surface area contributed by atoms with E-state index in [4.69, 9.17) is 4.74 Å². The highest BCUT2D eigenvalue weighted by Gasteiger charge is 2.24. The first-order chi connectivity index (χ1) is 8.76. The maximum Gasteiger partial charge on any atom is 0.169 e. The Balaban J connectivity index is 2.10. The molecule has 1 heterocycles. The molecule has 0 radical (unpaired) electrons. The van der Waals surface area contributed by atoms with Gasteiger partial charge in [-0.2, -0.15) is 0 Å². The van der Waals surface area contributed by atoms with Gasteiger partial charge in [0.2, 0.25) is 0 Å². The SMILES string of the molecule is CCCN(Cc1cccc(OC)c1F)C1CNC1. The second-order valence-electron chi connectivity index (χ2n) is 4.72. The normalized spacial score (nSPS) is 15.8. The van der Waals surface area contributed by atoms with Crippen LogP contribution in [0.15, 0.2) is 18.2 Å². The van der Waals surface area contributed by atoms with Gasteiger partial charge < -0.3 is 10.1 Å². The summed E-state index contributed by atoms with van der Waals surface area (Å²) in [6.45, 7) is 5.82. The third-order valence-electron chi connectivity index (χ3n) is 3.42. The first-order valence-corrected chi connectivity index (χ1v) is 6.52. The number of ether oxygens (including phenoxy) is 1. The maximum atomic E-state index is 14.1. The van der Waals surface area contributed by atoms with Crippen LogP contribution in [0.25, 0.3) is 0 Å². The lowest BCUT2D eigenvalue weighted by Crippen LogP contribution is -2.57. The van der Waals surface area contributed by atoms with E-state index in [-0.39, 0.29) is 5.82 Å². The number of hydrogen-bond donors (Lipinski definition) is 1. The van der Waals surface area contributed by atoms with E-state index in [1.54, 1.807) is 6.07 Å². The summed E-state index contributed by atoms with van der Waals surface area (Å²) in [6, 6.07) is 5.89. The van der Waals surface area contributed by atoms with Crippen molar-refractivity contribution in [3.63, 3.8) is 0 Å². The van der Waals surface area contributed by atoms with Gasteiger partial charge in [-0.25, -0.2) is 4.39 Å². The molecule has 1 aliphatic rings. The van der Waals surface area contributed by atoms with Crippen LogP contribution in [0.5, 0.6) is 5.75 Å². The van der Waals surface area contributed by atoms with Gasteiger partial charge in [-0.15, -0.1) is 0 Å². The molecule has 0 bridgehead atoms. The smallest absolute Gasteiger partial charge is 0.169 e. The quantitative estimate of drug-likeness (QED) is 0.838. The molecule has 3 nitrogen and oxygen atoms in total. The molecule has 1 aliphatic heterocycles. The summed E-state index contributed by atoms with van der Waals surface area (Å²) in [4.78, 5) is 2.34. The van der Waals surface area contributed by atoms with Gasteiger partial charge in [0, 0.05) is 31.2 Å². The van der Waals surface area contributed by atoms with Crippen molar-refractivity contribution >= 4 is 0 Å². The average molecular weight is 252 g/mol. The Labute approximate surface area is 108 Å². The molecular weight excluding hydrogens is 231 g/mol. The molecule has 0 saturated carbocycles. The Morgan fingerprint density at radius 1 is 1.44 bits per heavy atom. The Bertz CT molecular complexity index is 393. The molecule has 18 heavy (non-hydrogen) atoms. The molecule has 0 amide bonds. The predicted molar refractivity (Wildman–Crippen MR) is 70.3 cm³/mol. The first kappa shape index (κ1) is 13.3. The highest BCUT2D eigenvalue weighted by molar-refractivity contribution is 5.31. The number of nitrogens with zero attached hydrogens (tertiary/aromatic N) is 1. The van der Waals surface area contributed by atoms with Crippen molar-refractivity contribution in [3.8, 4) is 5.75 Å². The molecule has 1 saturated heterocycles. The summed E-state index contributed by atoms with van der Waals surface area (Å²) in [5.41, 5.74) is 0.717. The van der Waals surface area contributed by atoms with E-state index in [0.29, 0.717) is 18.3 Å². The lowest BCUT2D eigenvalue weighted by Gasteiger charge is -2.38. The van der Waals surface area contributed by atoms with E-state index in [1.807, 2.05) is 12.1 Å². The number of nitrogens with one attached hydrogen (secondary N) is 1. The zero-order chi connectivity index (χ0) is 13.0. The number of rotatable bonds is 6. The monoisotopic (exact) mass is 252 g/mol. The van der Waals surface area contributed by atoms with Crippen molar-refractivity contribution < 1.29 is 9.13 Å². The largest absolute Gasteiger partial charge is 0.494 e. The van der Waals surface area contributed by atoms with Crippen molar-refractivity contribution in [3.05, 3.63) is 29.6 Å². The minimum atomic E-state index is -0.228. The molecule has 0 spiro atoms. The molecule has 0 aromatic heterocycles. The van der Waals surface area contributed by atoms with E-state index >= 15 is 0 Å². The van der Waals surface area contributed by atoms with Crippen molar-refractivity contribution in [1.82, 2.24) is 10.2 Å². The number of benzene rings is 1. The van der Waals surface area contributed by atoms with Crippen molar-refractivity contribution in [2.45, 2.75) is 25.9 Å². The molecule has 2 rings (SSSR count).